The summed E-state index contributed by atoms with van der Waals surface area (Å²) < 4.78 is 43.6. The third-order valence-electron chi connectivity index (χ3n) is 5.23. The number of fused-ring (bicyclic) bond motifs is 3. The smallest absolute Gasteiger partial charge is 0.508 e. The molecule has 9 heteroatoms. The summed E-state index contributed by atoms with van der Waals surface area (Å²) in [5.41, 5.74) is 3.94. The standard InChI is InChI=1S/C22H22F3N3O3/c1-12-11-13(30)3-4-14(12)15-5-6-17(31-22(23,24)25)20-18(15)19-16(7-9-26-19)21(28-20)27-8-2-10-29/h3-6,11,26,29-30H,2,7-10H2,1H3,(H,27,28). The predicted octanol–water partition coefficient (Wildman–Crippen LogP) is 4.58. The van der Waals surface area contributed by atoms with Crippen molar-refractivity contribution in [3.05, 3.63) is 41.5 Å². The number of ether oxygens (including phenoxy) is 1. The van der Waals surface area contributed by atoms with Gasteiger partial charge < -0.3 is 25.6 Å². The molecular weight excluding hydrogens is 411 g/mol. The van der Waals surface area contributed by atoms with Crippen molar-refractivity contribution in [2.45, 2.75) is 26.1 Å². The van der Waals surface area contributed by atoms with E-state index in [1.807, 2.05) is 6.92 Å². The molecule has 0 spiro atoms. The molecule has 2 aromatic carbocycles. The summed E-state index contributed by atoms with van der Waals surface area (Å²) in [4.78, 5) is 4.53. The van der Waals surface area contributed by atoms with Gasteiger partial charge in [-0.25, -0.2) is 4.98 Å². The molecule has 4 N–H and O–H groups in total. The van der Waals surface area contributed by atoms with Crippen LogP contribution >= 0.6 is 0 Å². The molecule has 0 saturated heterocycles. The molecule has 0 atom stereocenters. The lowest BCUT2D eigenvalue weighted by molar-refractivity contribution is -0.274. The van der Waals surface area contributed by atoms with Crippen molar-refractivity contribution in [2.24, 2.45) is 0 Å². The molecule has 0 fully saturated rings. The zero-order chi connectivity index (χ0) is 22.2. The van der Waals surface area contributed by atoms with E-state index < -0.39 is 6.36 Å². The van der Waals surface area contributed by atoms with E-state index in [1.165, 1.54) is 6.07 Å². The first-order chi connectivity index (χ1) is 14.8. The molecule has 4 rings (SSSR count). The Morgan fingerprint density at radius 2 is 1.97 bits per heavy atom. The number of aromatic hydroxyl groups is 1. The fourth-order valence-corrected chi connectivity index (χ4v) is 3.95. The molecule has 0 bridgehead atoms. The highest BCUT2D eigenvalue weighted by Crippen LogP contribution is 2.45. The summed E-state index contributed by atoms with van der Waals surface area (Å²) in [5, 5.41) is 25.8. The Balaban J connectivity index is 1.98. The maximum absolute atomic E-state index is 13.1. The topological polar surface area (TPSA) is 86.6 Å². The Morgan fingerprint density at radius 1 is 1.19 bits per heavy atom. The van der Waals surface area contributed by atoms with Gasteiger partial charge in [-0.2, -0.15) is 0 Å². The number of aromatic nitrogens is 1. The van der Waals surface area contributed by atoms with E-state index in [1.54, 1.807) is 24.3 Å². The van der Waals surface area contributed by atoms with Crippen LogP contribution in [0, 0.1) is 6.92 Å². The summed E-state index contributed by atoms with van der Waals surface area (Å²) in [6.07, 6.45) is -3.71. The number of aliphatic hydroxyl groups is 1. The van der Waals surface area contributed by atoms with Crippen molar-refractivity contribution in [1.29, 1.82) is 0 Å². The molecule has 1 aliphatic heterocycles. The summed E-state index contributed by atoms with van der Waals surface area (Å²) in [6.45, 7) is 2.89. The predicted molar refractivity (Wildman–Crippen MR) is 113 cm³/mol. The number of aliphatic hydroxyl groups excluding tert-OH is 1. The number of hydrogen-bond donors (Lipinski definition) is 4. The number of rotatable bonds is 6. The number of benzene rings is 2. The first-order valence-corrected chi connectivity index (χ1v) is 9.92. The number of pyridine rings is 1. The molecule has 164 valence electrons. The van der Waals surface area contributed by atoms with Gasteiger partial charge in [-0.15, -0.1) is 13.2 Å². The van der Waals surface area contributed by atoms with Gasteiger partial charge >= 0.3 is 6.36 Å². The maximum Gasteiger partial charge on any atom is 0.573 e. The van der Waals surface area contributed by atoms with Gasteiger partial charge in [-0.3, -0.25) is 0 Å². The lowest BCUT2D eigenvalue weighted by atomic mass is 9.94. The van der Waals surface area contributed by atoms with Crippen LogP contribution in [0.15, 0.2) is 30.3 Å². The minimum absolute atomic E-state index is 0.00622. The second-order valence-electron chi connectivity index (χ2n) is 7.38. The molecule has 0 amide bonds. The quantitative estimate of drug-likeness (QED) is 0.426. The van der Waals surface area contributed by atoms with Crippen molar-refractivity contribution in [3.8, 4) is 22.6 Å². The highest BCUT2D eigenvalue weighted by atomic mass is 19.4. The number of anilines is 2. The summed E-state index contributed by atoms with van der Waals surface area (Å²) in [6, 6.07) is 7.73. The van der Waals surface area contributed by atoms with Crippen LogP contribution in [-0.2, 0) is 6.42 Å². The van der Waals surface area contributed by atoms with Crippen LogP contribution in [0.4, 0.5) is 24.7 Å². The van der Waals surface area contributed by atoms with Gasteiger partial charge in [0, 0.05) is 30.6 Å². The highest BCUT2D eigenvalue weighted by Gasteiger charge is 2.33. The second-order valence-corrected chi connectivity index (χ2v) is 7.38. The normalized spacial score (nSPS) is 13.2. The van der Waals surface area contributed by atoms with Crippen molar-refractivity contribution < 1.29 is 28.1 Å². The lowest BCUT2D eigenvalue weighted by Gasteiger charge is -2.19. The summed E-state index contributed by atoms with van der Waals surface area (Å²) in [5.74, 6) is 0.205. The van der Waals surface area contributed by atoms with Crippen molar-refractivity contribution >= 4 is 22.4 Å². The third kappa shape index (κ3) is 4.18. The van der Waals surface area contributed by atoms with Gasteiger partial charge in [-0.05, 0) is 60.7 Å². The van der Waals surface area contributed by atoms with Gasteiger partial charge in [-0.1, -0.05) is 6.07 Å². The largest absolute Gasteiger partial charge is 0.573 e. The zero-order valence-electron chi connectivity index (χ0n) is 16.8. The molecule has 0 unspecified atom stereocenters. The number of nitrogens with zero attached hydrogens (tertiary/aromatic N) is 1. The van der Waals surface area contributed by atoms with Gasteiger partial charge in [0.2, 0.25) is 0 Å². The average molecular weight is 433 g/mol. The summed E-state index contributed by atoms with van der Waals surface area (Å²) >= 11 is 0. The number of phenolic OH excluding ortho intramolecular Hbond substituents is 1. The molecule has 1 aromatic heterocycles. The third-order valence-corrected chi connectivity index (χ3v) is 5.23. The molecule has 1 aliphatic rings. The molecule has 0 radical (unpaired) electrons. The van der Waals surface area contributed by atoms with Crippen molar-refractivity contribution in [2.75, 3.05) is 30.3 Å². The number of hydrogen-bond acceptors (Lipinski definition) is 6. The number of alkyl halides is 3. The summed E-state index contributed by atoms with van der Waals surface area (Å²) in [7, 11) is 0. The molecule has 2 heterocycles. The van der Waals surface area contributed by atoms with Gasteiger partial charge in [0.05, 0.1) is 5.69 Å². The minimum atomic E-state index is -4.86. The molecule has 31 heavy (non-hydrogen) atoms. The molecule has 0 saturated carbocycles. The first kappa shape index (κ1) is 21.0. The number of halogens is 3. The van der Waals surface area contributed by atoms with E-state index in [9.17, 15) is 18.3 Å². The Bertz CT molecular complexity index is 1130. The number of nitrogens with one attached hydrogen (secondary N) is 2. The number of phenols is 1. The van der Waals surface area contributed by atoms with E-state index in [4.69, 9.17) is 5.11 Å². The Labute approximate surface area is 176 Å². The fourth-order valence-electron chi connectivity index (χ4n) is 3.95. The lowest BCUT2D eigenvalue weighted by Crippen LogP contribution is -2.18. The Hall–Kier alpha value is -3.20. The number of aryl methyl sites for hydroxylation is 1. The average Bonchev–Trinajstić information content (AvgIpc) is 3.18. The van der Waals surface area contributed by atoms with Crippen LogP contribution in [-0.4, -0.2) is 41.3 Å². The van der Waals surface area contributed by atoms with E-state index in [-0.39, 0.29) is 23.6 Å². The van der Waals surface area contributed by atoms with Crippen LogP contribution in [0.1, 0.15) is 17.5 Å². The fraction of sp³-hybridized carbons (Fsp3) is 0.318. The van der Waals surface area contributed by atoms with Crippen LogP contribution in [0.25, 0.3) is 22.0 Å². The van der Waals surface area contributed by atoms with Crippen molar-refractivity contribution in [1.82, 2.24) is 4.98 Å². The van der Waals surface area contributed by atoms with E-state index in [0.717, 1.165) is 16.7 Å². The first-order valence-electron chi connectivity index (χ1n) is 9.92. The molecular formula is C22H22F3N3O3. The van der Waals surface area contributed by atoms with Gasteiger partial charge in [0.25, 0.3) is 0 Å². The SMILES string of the molecule is Cc1cc(O)ccc1-c1ccc(OC(F)(F)F)c2nc(NCCCO)c3c(c12)NCC3. The van der Waals surface area contributed by atoms with Crippen LogP contribution in [0.5, 0.6) is 11.5 Å². The van der Waals surface area contributed by atoms with Crippen LogP contribution < -0.4 is 15.4 Å². The van der Waals surface area contributed by atoms with Gasteiger partial charge in [0.1, 0.15) is 17.1 Å². The van der Waals surface area contributed by atoms with Gasteiger partial charge in [0.15, 0.2) is 5.75 Å². The molecule has 6 nitrogen and oxygen atoms in total. The van der Waals surface area contributed by atoms with Crippen LogP contribution in [0.2, 0.25) is 0 Å². The monoisotopic (exact) mass is 433 g/mol. The van der Waals surface area contributed by atoms with E-state index in [0.29, 0.717) is 48.4 Å². The Kier molecular flexibility index (Phi) is 5.53. The van der Waals surface area contributed by atoms with E-state index >= 15 is 0 Å². The highest BCUT2D eigenvalue weighted by molar-refractivity contribution is 6.08. The second kappa shape index (κ2) is 8.14. The van der Waals surface area contributed by atoms with Crippen LogP contribution in [0.3, 0.4) is 0 Å². The zero-order valence-corrected chi connectivity index (χ0v) is 16.8. The maximum atomic E-state index is 13.1. The molecule has 0 aliphatic carbocycles. The Morgan fingerprint density at radius 3 is 2.68 bits per heavy atom. The molecule has 3 aromatic rings. The van der Waals surface area contributed by atoms with E-state index in [2.05, 4.69) is 20.4 Å². The van der Waals surface area contributed by atoms with Crippen molar-refractivity contribution in [3.63, 3.8) is 0 Å². The minimum Gasteiger partial charge on any atom is -0.508 e.